The molecule has 152 valence electrons. The minimum atomic E-state index is -4.02. The average Bonchev–Trinajstić information content (AvgIpc) is 3.18. The molecule has 0 aliphatic carbocycles. The van der Waals surface area contributed by atoms with Gasteiger partial charge in [0, 0.05) is 27.9 Å². The summed E-state index contributed by atoms with van der Waals surface area (Å²) in [6, 6.07) is 13.7. The summed E-state index contributed by atoms with van der Waals surface area (Å²) >= 11 is 7.22. The number of thiazole rings is 1. The molecule has 0 atom stereocenters. The van der Waals surface area contributed by atoms with Gasteiger partial charge in [0.25, 0.3) is 10.0 Å². The summed E-state index contributed by atoms with van der Waals surface area (Å²) in [5.41, 5.74) is 7.31. The number of nitrogens with two attached hydrogens (primary N) is 1. The first-order valence-electron chi connectivity index (χ1n) is 8.29. The number of primary amides is 1. The third-order valence-corrected chi connectivity index (χ3v) is 6.27. The number of carbonyl (C=O) groups excluding carboxylic acids is 1. The predicted molar refractivity (Wildman–Crippen MR) is 116 cm³/mol. The molecule has 8 nitrogen and oxygen atoms in total. The Bertz CT molecular complexity index is 1240. The molecule has 0 radical (unpaired) electrons. The van der Waals surface area contributed by atoms with E-state index in [1.54, 1.807) is 16.9 Å². The van der Waals surface area contributed by atoms with Gasteiger partial charge in [0.05, 0.1) is 10.6 Å². The first-order valence-corrected chi connectivity index (χ1v) is 11.0. The van der Waals surface area contributed by atoms with E-state index < -0.39 is 16.1 Å². The number of sulfonamides is 1. The maximum absolute atomic E-state index is 11.9. The second kappa shape index (κ2) is 8.96. The van der Waals surface area contributed by atoms with Gasteiger partial charge in [-0.2, -0.15) is 5.26 Å². The number of nitriles is 1. The van der Waals surface area contributed by atoms with E-state index >= 15 is 0 Å². The van der Waals surface area contributed by atoms with Crippen molar-refractivity contribution in [1.29, 1.82) is 5.26 Å². The van der Waals surface area contributed by atoms with Gasteiger partial charge in [-0.3, -0.25) is 0 Å². The number of urea groups is 1. The summed E-state index contributed by atoms with van der Waals surface area (Å²) in [6.07, 6.45) is 1.48. The Hall–Kier alpha value is -3.39. The van der Waals surface area contributed by atoms with Gasteiger partial charge < -0.3 is 11.1 Å². The van der Waals surface area contributed by atoms with Crippen LogP contribution in [0, 0.1) is 11.3 Å². The van der Waals surface area contributed by atoms with Crippen molar-refractivity contribution in [2.75, 3.05) is 5.32 Å². The average molecular weight is 460 g/mol. The minimum Gasteiger partial charge on any atom is -0.360 e. The number of carbonyl (C=O) groups is 1. The number of nitrogens with one attached hydrogen (secondary N) is 2. The lowest BCUT2D eigenvalue weighted by molar-refractivity contribution is 0.253. The van der Waals surface area contributed by atoms with Crippen LogP contribution in [0.5, 0.6) is 0 Å². The molecular formula is C19H14ClN5O3S2. The molecule has 1 heterocycles. The molecule has 0 saturated heterocycles. The summed E-state index contributed by atoms with van der Waals surface area (Å²) in [6.45, 7) is 0. The maximum Gasteiger partial charge on any atom is 0.326 e. The molecule has 0 fully saturated rings. The van der Waals surface area contributed by atoms with Crippen molar-refractivity contribution in [3.8, 4) is 17.3 Å². The SMILES string of the molecule is N#C/C(=C\Nc1ccc(S(=O)(=O)NC(N)=O)cc1)c1nc(-c2ccc(Cl)cc2)cs1. The molecule has 0 unspecified atom stereocenters. The molecule has 4 N–H and O–H groups in total. The Morgan fingerprint density at radius 1 is 1.17 bits per heavy atom. The molecular weight excluding hydrogens is 446 g/mol. The van der Waals surface area contributed by atoms with Crippen LogP contribution >= 0.6 is 22.9 Å². The third kappa shape index (κ3) is 5.15. The first-order chi connectivity index (χ1) is 14.3. The number of anilines is 1. The van der Waals surface area contributed by atoms with E-state index in [0.717, 1.165) is 11.3 Å². The van der Waals surface area contributed by atoms with Gasteiger partial charge in [0.2, 0.25) is 0 Å². The zero-order chi connectivity index (χ0) is 21.7. The van der Waals surface area contributed by atoms with Crippen molar-refractivity contribution in [1.82, 2.24) is 9.71 Å². The topological polar surface area (TPSA) is 138 Å². The monoisotopic (exact) mass is 459 g/mol. The Morgan fingerprint density at radius 3 is 2.43 bits per heavy atom. The van der Waals surface area contributed by atoms with Crippen molar-refractivity contribution in [2.24, 2.45) is 5.73 Å². The summed E-state index contributed by atoms with van der Waals surface area (Å²) in [5, 5.41) is 15.4. The highest BCUT2D eigenvalue weighted by atomic mass is 35.5. The normalized spacial score (nSPS) is 11.5. The van der Waals surface area contributed by atoms with Crippen LogP contribution in [0.25, 0.3) is 16.8 Å². The molecule has 2 amide bonds. The third-order valence-electron chi connectivity index (χ3n) is 3.78. The summed E-state index contributed by atoms with van der Waals surface area (Å²) in [4.78, 5) is 15.1. The van der Waals surface area contributed by atoms with E-state index in [1.165, 1.54) is 41.8 Å². The zero-order valence-electron chi connectivity index (χ0n) is 15.2. The second-order valence-corrected chi connectivity index (χ2v) is 8.83. The predicted octanol–water partition coefficient (Wildman–Crippen LogP) is 3.80. The van der Waals surface area contributed by atoms with Gasteiger partial charge in [-0.05, 0) is 36.4 Å². The number of benzene rings is 2. The van der Waals surface area contributed by atoms with Crippen LogP contribution in [-0.4, -0.2) is 19.4 Å². The summed E-state index contributed by atoms with van der Waals surface area (Å²) < 4.78 is 25.5. The van der Waals surface area contributed by atoms with E-state index in [-0.39, 0.29) is 4.90 Å². The van der Waals surface area contributed by atoms with E-state index in [4.69, 9.17) is 17.3 Å². The summed E-state index contributed by atoms with van der Waals surface area (Å²) in [7, 11) is -4.02. The highest BCUT2D eigenvalue weighted by Crippen LogP contribution is 2.27. The lowest BCUT2D eigenvalue weighted by Crippen LogP contribution is -2.34. The molecule has 0 bridgehead atoms. The number of allylic oxidation sites excluding steroid dienone is 1. The molecule has 3 aromatic rings. The largest absolute Gasteiger partial charge is 0.360 e. The molecule has 1 aromatic heterocycles. The lowest BCUT2D eigenvalue weighted by Gasteiger charge is -2.06. The number of halogens is 1. The van der Waals surface area contributed by atoms with Crippen LogP contribution in [0.15, 0.2) is 65.0 Å². The van der Waals surface area contributed by atoms with E-state index in [1.807, 2.05) is 17.5 Å². The number of amides is 2. The smallest absolute Gasteiger partial charge is 0.326 e. The van der Waals surface area contributed by atoms with E-state index in [2.05, 4.69) is 16.4 Å². The van der Waals surface area contributed by atoms with Crippen LogP contribution in [0.1, 0.15) is 5.01 Å². The van der Waals surface area contributed by atoms with E-state index in [0.29, 0.717) is 21.3 Å². The first kappa shape index (κ1) is 21.3. The molecule has 0 saturated carbocycles. The fourth-order valence-electron chi connectivity index (χ4n) is 2.37. The van der Waals surface area contributed by atoms with Crippen LogP contribution in [0.3, 0.4) is 0 Å². The number of rotatable bonds is 6. The van der Waals surface area contributed by atoms with Gasteiger partial charge in [-0.25, -0.2) is 22.9 Å². The van der Waals surface area contributed by atoms with Crippen molar-refractivity contribution in [3.05, 3.63) is 70.1 Å². The van der Waals surface area contributed by atoms with Gasteiger partial charge in [-0.15, -0.1) is 11.3 Å². The second-order valence-electron chi connectivity index (χ2n) is 5.85. The summed E-state index contributed by atoms with van der Waals surface area (Å²) in [5.74, 6) is 0. The van der Waals surface area contributed by atoms with Crippen LogP contribution < -0.4 is 15.8 Å². The van der Waals surface area contributed by atoms with Crippen LogP contribution in [0.2, 0.25) is 5.02 Å². The quantitative estimate of drug-likeness (QED) is 0.479. The van der Waals surface area contributed by atoms with Crippen molar-refractivity contribution >= 4 is 50.3 Å². The zero-order valence-corrected chi connectivity index (χ0v) is 17.6. The Balaban J connectivity index is 1.76. The minimum absolute atomic E-state index is 0.121. The molecule has 0 aliphatic rings. The lowest BCUT2D eigenvalue weighted by atomic mass is 10.2. The Labute approximate surface area is 181 Å². The fraction of sp³-hybridized carbons (Fsp3) is 0. The maximum atomic E-state index is 11.9. The van der Waals surface area contributed by atoms with Crippen molar-refractivity contribution < 1.29 is 13.2 Å². The number of nitrogens with zero attached hydrogens (tertiary/aromatic N) is 2. The molecule has 11 heteroatoms. The van der Waals surface area contributed by atoms with Gasteiger partial charge >= 0.3 is 6.03 Å². The fourth-order valence-corrected chi connectivity index (χ4v) is 4.17. The number of aromatic nitrogens is 1. The number of hydrogen-bond donors (Lipinski definition) is 3. The highest BCUT2D eigenvalue weighted by Gasteiger charge is 2.15. The molecule has 0 spiro atoms. The molecule has 2 aromatic carbocycles. The molecule has 0 aliphatic heterocycles. The van der Waals surface area contributed by atoms with Crippen molar-refractivity contribution in [3.63, 3.8) is 0 Å². The van der Waals surface area contributed by atoms with Crippen LogP contribution in [0.4, 0.5) is 10.5 Å². The Kier molecular flexibility index (Phi) is 6.37. The number of hydrogen-bond acceptors (Lipinski definition) is 7. The van der Waals surface area contributed by atoms with E-state index in [9.17, 15) is 18.5 Å². The van der Waals surface area contributed by atoms with Crippen molar-refractivity contribution in [2.45, 2.75) is 4.90 Å². The van der Waals surface area contributed by atoms with Gasteiger partial charge in [0.15, 0.2) is 0 Å². The van der Waals surface area contributed by atoms with Gasteiger partial charge in [-0.1, -0.05) is 23.7 Å². The highest BCUT2D eigenvalue weighted by molar-refractivity contribution is 7.90. The Morgan fingerprint density at radius 2 is 1.83 bits per heavy atom. The molecule has 3 rings (SSSR count). The standard InChI is InChI=1S/C19H14ClN5O3S2/c20-14-3-1-12(2-4-14)17-11-29-18(24-17)13(9-21)10-23-15-5-7-16(8-6-15)30(27,28)25-19(22)26/h1-8,10-11,23H,(H3,22,25,26)/b13-10+. The van der Waals surface area contributed by atoms with Gasteiger partial charge in [0.1, 0.15) is 16.6 Å². The molecule has 30 heavy (non-hydrogen) atoms. The van der Waals surface area contributed by atoms with Crippen LogP contribution in [-0.2, 0) is 10.0 Å².